The fourth-order valence-corrected chi connectivity index (χ4v) is 9.17. The molecule has 0 spiro atoms. The second-order valence-electron chi connectivity index (χ2n) is 20.7. The number of aliphatic hydroxyl groups excluding tert-OH is 1. The number of aliphatic hydroxyl groups is 1. The largest absolute Gasteiger partial charge is 0.508 e. The Labute approximate surface area is 472 Å². The molecule has 5 rings (SSSR count). The monoisotopic (exact) mass is 1140 g/mol. The molecule has 26 heteroatoms. The number of carbonyl (C=O) groups excluding carboxylic acids is 10. The lowest BCUT2D eigenvalue weighted by molar-refractivity contribution is -0.145. The van der Waals surface area contributed by atoms with Crippen molar-refractivity contribution < 1.29 is 68.1 Å². The summed E-state index contributed by atoms with van der Waals surface area (Å²) in [7, 11) is 0. The van der Waals surface area contributed by atoms with Gasteiger partial charge in [0.05, 0.1) is 12.1 Å². The molecule has 1 saturated heterocycles. The van der Waals surface area contributed by atoms with Crippen molar-refractivity contribution in [3.8, 4) is 5.75 Å². The zero-order valence-corrected chi connectivity index (χ0v) is 46.0. The maximum absolute atomic E-state index is 14.8. The SMILES string of the molecule is CC(C)[C@H](N)C(=O)N[C@@H](CCC(N)=O)C(=O)N[C@@H](Cc1ccc(O)cc1)C(=O)N[C@@H](C)C(=O)N[C@@H](CCC(N)=O)C(=O)N[C@@H](Cc1ccccc1)C(=O)N1CCC[C@H]1C(=O)N[C@@H](Cc1c[nH]c2ccccc12)C(=O)N[C@H](C(=O)O)[C@@H](C)O. The number of aromatic hydroxyl groups is 1. The van der Waals surface area contributed by atoms with Gasteiger partial charge in [0.2, 0.25) is 59.1 Å². The molecule has 1 fully saturated rings. The van der Waals surface area contributed by atoms with Gasteiger partial charge >= 0.3 is 5.97 Å². The first-order chi connectivity index (χ1) is 38.8. The zero-order valence-electron chi connectivity index (χ0n) is 46.0. The standard InChI is InChI=1S/C56H74N12O14/c1-29(2)46(59)54(79)63-39(21-23-45(58)72)49(74)64-40(25-33-16-18-35(70)19-17-33)51(76)61-30(3)48(73)62-38(20-22-44(57)71)50(75)66-42(26-32-11-6-5-7-12-32)55(80)68-24-10-15-43(68)53(78)65-41(52(77)67-47(31(4)69)56(81)82)27-34-28-60-37-14-9-8-13-36(34)37/h5-9,11-14,16-19,28-31,38-43,46-47,60,69-70H,10,15,20-27,59H2,1-4H3,(H2,57,71)(H2,58,72)(H,61,76)(H,62,73)(H,63,79)(H,64,74)(H,65,78)(H,66,75)(H,67,77)(H,81,82)/t30-,31+,38-,39-,40-,41-,42-,43-,46-,47-/m0/s1. The summed E-state index contributed by atoms with van der Waals surface area (Å²) in [6.45, 7) is 5.85. The highest BCUT2D eigenvalue weighted by Gasteiger charge is 2.41. The number of hydrogen-bond acceptors (Lipinski definition) is 14. The van der Waals surface area contributed by atoms with Gasteiger partial charge < -0.3 is 79.6 Å². The highest BCUT2D eigenvalue weighted by Crippen LogP contribution is 2.23. The first-order valence-corrected chi connectivity index (χ1v) is 26.9. The van der Waals surface area contributed by atoms with Crippen LogP contribution in [0.2, 0.25) is 0 Å². The van der Waals surface area contributed by atoms with E-state index in [-0.39, 0.29) is 63.2 Å². The molecule has 4 aromatic rings. The minimum absolute atomic E-state index is 0.0305. The van der Waals surface area contributed by atoms with E-state index in [0.29, 0.717) is 23.1 Å². The van der Waals surface area contributed by atoms with Gasteiger partial charge in [-0.15, -0.1) is 0 Å². The predicted molar refractivity (Wildman–Crippen MR) is 297 cm³/mol. The van der Waals surface area contributed by atoms with Crippen molar-refractivity contribution in [2.24, 2.45) is 23.1 Å². The molecule has 1 aromatic heterocycles. The quantitative estimate of drug-likeness (QED) is 0.0276. The van der Waals surface area contributed by atoms with Crippen LogP contribution >= 0.6 is 0 Å². The summed E-state index contributed by atoms with van der Waals surface area (Å²) in [4.78, 5) is 153. The number of hydrogen-bond donors (Lipinski definition) is 14. The Kier molecular flexibility index (Phi) is 23.4. The van der Waals surface area contributed by atoms with Crippen LogP contribution < -0.4 is 54.4 Å². The van der Waals surface area contributed by atoms with E-state index in [1.165, 1.54) is 43.0 Å². The van der Waals surface area contributed by atoms with Gasteiger partial charge in [0.25, 0.3) is 0 Å². The number of nitrogens with one attached hydrogen (secondary N) is 8. The summed E-state index contributed by atoms with van der Waals surface area (Å²) >= 11 is 0. The van der Waals surface area contributed by atoms with Crippen LogP contribution in [0.1, 0.15) is 82.9 Å². The number of carboxylic acid groups (broad SMARTS) is 1. The van der Waals surface area contributed by atoms with E-state index in [0.717, 1.165) is 10.9 Å². The summed E-state index contributed by atoms with van der Waals surface area (Å²) in [5.41, 5.74) is 19.2. The number of nitrogens with zero attached hydrogens (tertiary/aromatic N) is 1. The van der Waals surface area contributed by atoms with Crippen LogP contribution in [-0.4, -0.2) is 157 Å². The molecule has 2 heterocycles. The number of phenols is 1. The molecule has 0 aliphatic carbocycles. The number of aromatic nitrogens is 1. The topological polar surface area (TPSA) is 430 Å². The minimum Gasteiger partial charge on any atom is -0.508 e. The Morgan fingerprint density at radius 1 is 0.610 bits per heavy atom. The number of fused-ring (bicyclic) bond motifs is 1. The molecular weight excluding hydrogens is 1060 g/mol. The van der Waals surface area contributed by atoms with Crippen LogP contribution in [0.25, 0.3) is 10.9 Å². The average molecular weight is 1140 g/mol. The molecule has 26 nitrogen and oxygen atoms in total. The fourth-order valence-electron chi connectivity index (χ4n) is 9.17. The lowest BCUT2D eigenvalue weighted by atomic mass is 10.0. The van der Waals surface area contributed by atoms with Gasteiger partial charge in [-0.3, -0.25) is 47.9 Å². The third-order valence-corrected chi connectivity index (χ3v) is 13.9. The van der Waals surface area contributed by atoms with E-state index in [1.807, 2.05) is 0 Å². The Balaban J connectivity index is 1.37. The maximum Gasteiger partial charge on any atom is 0.328 e. The number of primary amides is 2. The number of para-hydroxylation sites is 1. The van der Waals surface area contributed by atoms with E-state index in [2.05, 4.69) is 42.2 Å². The van der Waals surface area contributed by atoms with Gasteiger partial charge in [-0.2, -0.15) is 0 Å². The van der Waals surface area contributed by atoms with E-state index in [4.69, 9.17) is 17.2 Å². The Hall–Kier alpha value is -8.91. The second-order valence-corrected chi connectivity index (χ2v) is 20.7. The van der Waals surface area contributed by atoms with Crippen molar-refractivity contribution in [3.63, 3.8) is 0 Å². The van der Waals surface area contributed by atoms with Crippen molar-refractivity contribution in [1.82, 2.24) is 47.1 Å². The van der Waals surface area contributed by atoms with Gasteiger partial charge in [-0.1, -0.05) is 74.5 Å². The summed E-state index contributed by atoms with van der Waals surface area (Å²) in [6, 6.07) is 8.67. The van der Waals surface area contributed by atoms with Crippen LogP contribution in [0.5, 0.6) is 5.75 Å². The number of carbonyl (C=O) groups is 11. The van der Waals surface area contributed by atoms with Gasteiger partial charge in [0, 0.05) is 55.7 Å². The van der Waals surface area contributed by atoms with Gasteiger partial charge in [0.1, 0.15) is 48.0 Å². The van der Waals surface area contributed by atoms with E-state index in [9.17, 15) is 68.1 Å². The summed E-state index contributed by atoms with van der Waals surface area (Å²) < 4.78 is 0. The van der Waals surface area contributed by atoms with Crippen LogP contribution in [0, 0.1) is 5.92 Å². The lowest BCUT2D eigenvalue weighted by Gasteiger charge is -2.31. The maximum atomic E-state index is 14.8. The number of benzene rings is 3. The van der Waals surface area contributed by atoms with Crippen molar-refractivity contribution in [1.29, 1.82) is 0 Å². The number of aliphatic carboxylic acids is 1. The molecule has 1 aliphatic heterocycles. The molecule has 1 aliphatic rings. The Bertz CT molecular complexity index is 2940. The number of phenolic OH excluding ortho intramolecular Hbond substituents is 1. The number of likely N-dealkylation sites (tertiary alicyclic amines) is 1. The number of aromatic amines is 1. The van der Waals surface area contributed by atoms with Crippen LogP contribution in [0.3, 0.4) is 0 Å². The summed E-state index contributed by atoms with van der Waals surface area (Å²) in [5, 5.41) is 48.4. The van der Waals surface area contributed by atoms with Gasteiger partial charge in [-0.25, -0.2) is 4.79 Å². The van der Waals surface area contributed by atoms with Crippen molar-refractivity contribution in [2.75, 3.05) is 6.54 Å². The molecule has 0 saturated carbocycles. The molecular formula is C56H74N12O14. The Morgan fingerprint density at radius 2 is 1.12 bits per heavy atom. The molecule has 10 amide bonds. The van der Waals surface area contributed by atoms with E-state index >= 15 is 0 Å². The number of H-pyrrole nitrogens is 1. The minimum atomic E-state index is -1.73. The molecule has 0 radical (unpaired) electrons. The number of amides is 10. The predicted octanol–water partition coefficient (Wildman–Crippen LogP) is -1.71. The third kappa shape index (κ3) is 18.6. The normalized spacial score (nSPS) is 16.4. The Morgan fingerprint density at radius 3 is 1.71 bits per heavy atom. The van der Waals surface area contributed by atoms with Crippen molar-refractivity contribution in [2.45, 2.75) is 146 Å². The van der Waals surface area contributed by atoms with Crippen LogP contribution in [0.15, 0.2) is 85.1 Å². The molecule has 442 valence electrons. The molecule has 0 bridgehead atoms. The van der Waals surface area contributed by atoms with Gasteiger partial charge in [0.15, 0.2) is 6.04 Å². The second kappa shape index (κ2) is 30.1. The van der Waals surface area contributed by atoms with Crippen molar-refractivity contribution >= 4 is 75.9 Å². The highest BCUT2D eigenvalue weighted by atomic mass is 16.4. The zero-order chi connectivity index (χ0) is 60.4. The van der Waals surface area contributed by atoms with E-state index in [1.54, 1.807) is 74.6 Å². The highest BCUT2D eigenvalue weighted by molar-refractivity contribution is 5.99. The average Bonchev–Trinajstić information content (AvgIpc) is 4.20. The summed E-state index contributed by atoms with van der Waals surface area (Å²) in [6.07, 6.45) is -1.32. The first kappa shape index (κ1) is 63.9. The molecule has 0 unspecified atom stereocenters. The number of carboxylic acids is 1. The first-order valence-electron chi connectivity index (χ1n) is 26.9. The number of rotatable bonds is 30. The summed E-state index contributed by atoms with van der Waals surface area (Å²) in [5.74, 6) is -10.4. The number of nitrogens with two attached hydrogens (primary N) is 3. The lowest BCUT2D eigenvalue weighted by Crippen LogP contribution is -2.60. The molecule has 17 N–H and O–H groups in total. The van der Waals surface area contributed by atoms with E-state index < -0.39 is 132 Å². The van der Waals surface area contributed by atoms with Crippen molar-refractivity contribution in [3.05, 3.63) is 102 Å². The molecule has 82 heavy (non-hydrogen) atoms. The van der Waals surface area contributed by atoms with Crippen LogP contribution in [0.4, 0.5) is 0 Å². The van der Waals surface area contributed by atoms with Gasteiger partial charge in [-0.05, 0) is 80.3 Å². The fraction of sp³-hybridized carbons (Fsp3) is 0.446. The third-order valence-electron chi connectivity index (χ3n) is 13.9. The molecule has 10 atom stereocenters. The van der Waals surface area contributed by atoms with Crippen LogP contribution in [-0.2, 0) is 72.0 Å². The molecule has 3 aromatic carbocycles. The smallest absolute Gasteiger partial charge is 0.328 e.